The molecule has 0 saturated carbocycles. The molecule has 5 nitrogen and oxygen atoms in total. The molecule has 0 unspecified atom stereocenters. The average Bonchev–Trinajstić information content (AvgIpc) is 3.24. The van der Waals surface area contributed by atoms with Crippen LogP contribution in [0.3, 0.4) is 0 Å². The topological polar surface area (TPSA) is 56.8 Å². The van der Waals surface area contributed by atoms with E-state index in [1.54, 1.807) is 7.11 Å². The molecule has 1 aliphatic heterocycles. The van der Waals surface area contributed by atoms with Gasteiger partial charge in [-0.3, -0.25) is 4.79 Å². The zero-order valence-corrected chi connectivity index (χ0v) is 16.4. The molecular weight excluding hydrogens is 374 g/mol. The number of carbonyl (C=O) groups excluding carboxylic acids is 1. The van der Waals surface area contributed by atoms with Crippen molar-refractivity contribution in [1.82, 2.24) is 5.32 Å². The Balaban J connectivity index is 1.36. The second-order valence-corrected chi connectivity index (χ2v) is 7.46. The van der Waals surface area contributed by atoms with E-state index in [-0.39, 0.29) is 5.91 Å². The Labute approximate surface area is 167 Å². The van der Waals surface area contributed by atoms with Crippen LogP contribution in [0, 0.1) is 0 Å². The third kappa shape index (κ3) is 4.12. The molecule has 3 aromatic rings. The SMILES string of the molecule is COc1ccc(CCNC(=O)c2ccc(-c3ccc4c(c3)OCCO4)s2)cc1. The van der Waals surface area contributed by atoms with Gasteiger partial charge in [0, 0.05) is 11.4 Å². The number of thiophene rings is 1. The van der Waals surface area contributed by atoms with Crippen LogP contribution in [0.15, 0.2) is 54.6 Å². The van der Waals surface area contributed by atoms with Crippen molar-refractivity contribution in [3.05, 3.63) is 65.0 Å². The van der Waals surface area contributed by atoms with Crippen molar-refractivity contribution in [3.63, 3.8) is 0 Å². The lowest BCUT2D eigenvalue weighted by atomic mass is 10.1. The molecule has 0 saturated heterocycles. The first-order valence-corrected chi connectivity index (χ1v) is 9.95. The zero-order valence-electron chi connectivity index (χ0n) is 15.6. The first-order valence-electron chi connectivity index (χ1n) is 9.14. The molecule has 0 spiro atoms. The van der Waals surface area contributed by atoms with Crippen LogP contribution >= 0.6 is 11.3 Å². The highest BCUT2D eigenvalue weighted by atomic mass is 32.1. The fraction of sp³-hybridized carbons (Fsp3) is 0.227. The molecule has 144 valence electrons. The lowest BCUT2D eigenvalue weighted by Gasteiger charge is -2.18. The third-order valence-corrected chi connectivity index (χ3v) is 5.65. The van der Waals surface area contributed by atoms with Gasteiger partial charge in [0.2, 0.25) is 0 Å². The third-order valence-electron chi connectivity index (χ3n) is 4.51. The average molecular weight is 395 g/mol. The standard InChI is InChI=1S/C22H21NO4S/c1-25-17-5-2-15(3-6-17)10-11-23-22(24)21-9-8-20(28-21)16-4-7-18-19(14-16)27-13-12-26-18/h2-9,14H,10-13H2,1H3,(H,23,24). The zero-order chi connectivity index (χ0) is 19.3. The van der Waals surface area contributed by atoms with Gasteiger partial charge < -0.3 is 19.5 Å². The van der Waals surface area contributed by atoms with Crippen LogP contribution < -0.4 is 19.5 Å². The predicted molar refractivity (Wildman–Crippen MR) is 110 cm³/mol. The number of nitrogens with one attached hydrogen (secondary N) is 1. The summed E-state index contributed by atoms with van der Waals surface area (Å²) in [7, 11) is 1.65. The number of hydrogen-bond acceptors (Lipinski definition) is 5. The second kappa shape index (κ2) is 8.35. The van der Waals surface area contributed by atoms with Crippen LogP contribution in [-0.4, -0.2) is 32.8 Å². The first-order chi connectivity index (χ1) is 13.7. The van der Waals surface area contributed by atoms with Crippen LogP contribution in [0.5, 0.6) is 17.2 Å². The lowest BCUT2D eigenvalue weighted by molar-refractivity contribution is 0.0958. The van der Waals surface area contributed by atoms with Crippen LogP contribution in [0.2, 0.25) is 0 Å². The van der Waals surface area contributed by atoms with Crippen LogP contribution in [-0.2, 0) is 6.42 Å². The largest absolute Gasteiger partial charge is 0.497 e. The Morgan fingerprint density at radius 1 is 1.04 bits per heavy atom. The number of ether oxygens (including phenoxy) is 3. The Hall–Kier alpha value is -2.99. The summed E-state index contributed by atoms with van der Waals surface area (Å²) < 4.78 is 16.4. The van der Waals surface area contributed by atoms with Gasteiger partial charge in [-0.05, 0) is 60.0 Å². The van der Waals surface area contributed by atoms with Crippen molar-refractivity contribution in [2.75, 3.05) is 26.9 Å². The minimum Gasteiger partial charge on any atom is -0.497 e. The van der Waals surface area contributed by atoms with Crippen LogP contribution in [0.4, 0.5) is 0 Å². The van der Waals surface area contributed by atoms with E-state index in [1.807, 2.05) is 54.6 Å². The van der Waals surface area contributed by atoms with E-state index >= 15 is 0 Å². The van der Waals surface area contributed by atoms with Crippen molar-refractivity contribution >= 4 is 17.2 Å². The molecule has 2 aromatic carbocycles. The van der Waals surface area contributed by atoms with E-state index < -0.39 is 0 Å². The molecule has 6 heteroatoms. The smallest absolute Gasteiger partial charge is 0.261 e. The van der Waals surface area contributed by atoms with Gasteiger partial charge in [0.05, 0.1) is 12.0 Å². The van der Waals surface area contributed by atoms with Crippen molar-refractivity contribution < 1.29 is 19.0 Å². The summed E-state index contributed by atoms with van der Waals surface area (Å²) in [5.74, 6) is 2.30. The second-order valence-electron chi connectivity index (χ2n) is 6.38. The fourth-order valence-electron chi connectivity index (χ4n) is 3.01. The summed E-state index contributed by atoms with van der Waals surface area (Å²) in [6, 6.07) is 17.6. The first kappa shape index (κ1) is 18.4. The Kier molecular flexibility index (Phi) is 5.48. The molecule has 28 heavy (non-hydrogen) atoms. The van der Waals surface area contributed by atoms with Gasteiger partial charge in [-0.15, -0.1) is 11.3 Å². The molecule has 1 aromatic heterocycles. The summed E-state index contributed by atoms with van der Waals surface area (Å²) in [5, 5.41) is 2.99. The van der Waals surface area contributed by atoms with Crippen molar-refractivity contribution in [1.29, 1.82) is 0 Å². The van der Waals surface area contributed by atoms with E-state index in [1.165, 1.54) is 11.3 Å². The summed E-state index contributed by atoms with van der Waals surface area (Å²) in [6.45, 7) is 1.72. The summed E-state index contributed by atoms with van der Waals surface area (Å²) >= 11 is 1.47. The molecular formula is C22H21NO4S. The van der Waals surface area contributed by atoms with Crippen molar-refractivity contribution in [3.8, 4) is 27.7 Å². The molecule has 1 N–H and O–H groups in total. The van der Waals surface area contributed by atoms with E-state index in [0.717, 1.165) is 39.7 Å². The number of fused-ring (bicyclic) bond motifs is 1. The highest BCUT2D eigenvalue weighted by molar-refractivity contribution is 7.17. The maximum Gasteiger partial charge on any atom is 0.261 e. The molecule has 0 bridgehead atoms. The predicted octanol–water partition coefficient (Wildman–Crippen LogP) is 4.17. The summed E-state index contributed by atoms with van der Waals surface area (Å²) in [4.78, 5) is 14.2. The van der Waals surface area contributed by atoms with Gasteiger partial charge >= 0.3 is 0 Å². The summed E-state index contributed by atoms with van der Waals surface area (Å²) in [5.41, 5.74) is 2.18. The fourth-order valence-corrected chi connectivity index (χ4v) is 3.93. The Morgan fingerprint density at radius 2 is 1.82 bits per heavy atom. The van der Waals surface area contributed by atoms with E-state index in [9.17, 15) is 4.79 Å². The maximum atomic E-state index is 12.4. The van der Waals surface area contributed by atoms with Crippen molar-refractivity contribution in [2.45, 2.75) is 6.42 Å². The number of methoxy groups -OCH3 is 1. The Morgan fingerprint density at radius 3 is 2.61 bits per heavy atom. The minimum absolute atomic E-state index is 0.0534. The normalized spacial score (nSPS) is 12.5. The molecule has 0 aliphatic carbocycles. The van der Waals surface area contributed by atoms with E-state index in [0.29, 0.717) is 24.6 Å². The molecule has 0 radical (unpaired) electrons. The monoisotopic (exact) mass is 395 g/mol. The number of carbonyl (C=O) groups is 1. The molecule has 1 amide bonds. The van der Waals surface area contributed by atoms with Gasteiger partial charge in [-0.2, -0.15) is 0 Å². The maximum absolute atomic E-state index is 12.4. The molecule has 2 heterocycles. The quantitative estimate of drug-likeness (QED) is 0.681. The molecule has 1 aliphatic rings. The molecule has 0 atom stereocenters. The molecule has 0 fully saturated rings. The number of benzene rings is 2. The van der Waals surface area contributed by atoms with E-state index in [4.69, 9.17) is 14.2 Å². The highest BCUT2D eigenvalue weighted by Gasteiger charge is 2.15. The Bertz CT molecular complexity index is 965. The van der Waals surface area contributed by atoms with Crippen LogP contribution in [0.25, 0.3) is 10.4 Å². The van der Waals surface area contributed by atoms with Gasteiger partial charge in [-0.1, -0.05) is 12.1 Å². The van der Waals surface area contributed by atoms with Gasteiger partial charge in [0.15, 0.2) is 11.5 Å². The van der Waals surface area contributed by atoms with Gasteiger partial charge in [0.25, 0.3) is 5.91 Å². The van der Waals surface area contributed by atoms with Crippen molar-refractivity contribution in [2.24, 2.45) is 0 Å². The highest BCUT2D eigenvalue weighted by Crippen LogP contribution is 2.36. The number of hydrogen-bond donors (Lipinski definition) is 1. The molecule has 4 rings (SSSR count). The van der Waals surface area contributed by atoms with E-state index in [2.05, 4.69) is 5.32 Å². The number of amides is 1. The van der Waals surface area contributed by atoms with Gasteiger partial charge in [0.1, 0.15) is 19.0 Å². The van der Waals surface area contributed by atoms with Crippen LogP contribution in [0.1, 0.15) is 15.2 Å². The number of rotatable bonds is 6. The van der Waals surface area contributed by atoms with Gasteiger partial charge in [-0.25, -0.2) is 0 Å². The summed E-state index contributed by atoms with van der Waals surface area (Å²) in [6.07, 6.45) is 0.774. The lowest BCUT2D eigenvalue weighted by Crippen LogP contribution is -2.24. The minimum atomic E-state index is -0.0534.